The predicted molar refractivity (Wildman–Crippen MR) is 89.2 cm³/mol. The number of carbonyl (C=O) groups excluding carboxylic acids is 2. The molecule has 1 fully saturated rings. The van der Waals surface area contributed by atoms with Gasteiger partial charge in [-0.3, -0.25) is 9.59 Å². The van der Waals surface area contributed by atoms with E-state index in [4.69, 9.17) is 0 Å². The smallest absolute Gasteiger partial charge is 0.257 e. The first kappa shape index (κ1) is 16.9. The summed E-state index contributed by atoms with van der Waals surface area (Å²) in [5.74, 6) is -2.60. The average Bonchev–Trinajstić information content (AvgIpc) is 2.60. The summed E-state index contributed by atoms with van der Waals surface area (Å²) in [6.07, 6.45) is 0. The molecule has 2 aromatic carbocycles. The van der Waals surface area contributed by atoms with Gasteiger partial charge in [0.25, 0.3) is 5.91 Å². The quantitative estimate of drug-likeness (QED) is 0.889. The van der Waals surface area contributed by atoms with E-state index in [2.05, 4.69) is 10.6 Å². The normalized spacial score (nSPS) is 14.2. The Labute approximate surface area is 143 Å². The molecule has 5 nitrogen and oxygen atoms in total. The van der Waals surface area contributed by atoms with E-state index >= 15 is 0 Å². The van der Waals surface area contributed by atoms with Crippen molar-refractivity contribution in [2.24, 2.45) is 0 Å². The second-order valence-electron chi connectivity index (χ2n) is 5.72. The van der Waals surface area contributed by atoms with Crippen molar-refractivity contribution in [2.45, 2.75) is 6.54 Å². The van der Waals surface area contributed by atoms with E-state index in [1.54, 1.807) is 12.1 Å². The van der Waals surface area contributed by atoms with Crippen LogP contribution in [0, 0.1) is 11.6 Å². The summed E-state index contributed by atoms with van der Waals surface area (Å²) < 4.78 is 27.2. The molecule has 0 spiro atoms. The predicted octanol–water partition coefficient (Wildman–Crippen LogP) is 1.83. The SMILES string of the molecule is O=C1CN(c2ccc(CNC(=O)c3c(F)cccc3F)cc2)CCN1. The van der Waals surface area contributed by atoms with Gasteiger partial charge in [-0.05, 0) is 29.8 Å². The molecule has 0 aliphatic carbocycles. The molecular formula is C18H17F2N3O2. The van der Waals surface area contributed by atoms with Crippen molar-refractivity contribution < 1.29 is 18.4 Å². The first-order valence-corrected chi connectivity index (χ1v) is 7.87. The van der Waals surface area contributed by atoms with Crippen LogP contribution in [0.25, 0.3) is 0 Å². The van der Waals surface area contributed by atoms with Crippen LogP contribution < -0.4 is 15.5 Å². The third kappa shape index (κ3) is 3.93. The minimum atomic E-state index is -0.892. The van der Waals surface area contributed by atoms with E-state index in [0.29, 0.717) is 13.1 Å². The summed E-state index contributed by atoms with van der Waals surface area (Å²) in [6.45, 7) is 1.79. The Morgan fingerprint density at radius 1 is 1.12 bits per heavy atom. The van der Waals surface area contributed by atoms with Gasteiger partial charge in [-0.2, -0.15) is 0 Å². The number of nitrogens with zero attached hydrogens (tertiary/aromatic N) is 1. The summed E-state index contributed by atoms with van der Waals surface area (Å²) in [7, 11) is 0. The summed E-state index contributed by atoms with van der Waals surface area (Å²) in [5.41, 5.74) is 1.11. The molecule has 25 heavy (non-hydrogen) atoms. The van der Waals surface area contributed by atoms with Crippen molar-refractivity contribution in [3.05, 3.63) is 65.2 Å². The second-order valence-corrected chi connectivity index (χ2v) is 5.72. The zero-order valence-electron chi connectivity index (χ0n) is 13.4. The van der Waals surface area contributed by atoms with Crippen LogP contribution in [0.5, 0.6) is 0 Å². The van der Waals surface area contributed by atoms with Gasteiger partial charge in [0.05, 0.1) is 6.54 Å². The van der Waals surface area contributed by atoms with Gasteiger partial charge in [-0.1, -0.05) is 18.2 Å². The fraction of sp³-hybridized carbons (Fsp3) is 0.222. The van der Waals surface area contributed by atoms with Gasteiger partial charge in [0.15, 0.2) is 0 Å². The van der Waals surface area contributed by atoms with Crippen LogP contribution in [-0.4, -0.2) is 31.4 Å². The molecule has 2 aromatic rings. The van der Waals surface area contributed by atoms with Gasteiger partial charge < -0.3 is 15.5 Å². The number of carbonyl (C=O) groups is 2. The molecule has 130 valence electrons. The zero-order valence-corrected chi connectivity index (χ0v) is 13.4. The van der Waals surface area contributed by atoms with Crippen molar-refractivity contribution in [2.75, 3.05) is 24.5 Å². The number of anilines is 1. The topological polar surface area (TPSA) is 61.4 Å². The first-order valence-electron chi connectivity index (χ1n) is 7.87. The van der Waals surface area contributed by atoms with Crippen LogP contribution >= 0.6 is 0 Å². The van der Waals surface area contributed by atoms with Gasteiger partial charge in [-0.15, -0.1) is 0 Å². The number of nitrogens with one attached hydrogen (secondary N) is 2. The van der Waals surface area contributed by atoms with Crippen molar-refractivity contribution in [1.82, 2.24) is 10.6 Å². The molecule has 1 heterocycles. The molecule has 3 rings (SSSR count). The number of hydrogen-bond acceptors (Lipinski definition) is 3. The van der Waals surface area contributed by atoms with Crippen LogP contribution in [0.15, 0.2) is 42.5 Å². The van der Waals surface area contributed by atoms with E-state index in [-0.39, 0.29) is 12.5 Å². The minimum absolute atomic E-state index is 0.0190. The summed E-state index contributed by atoms with van der Waals surface area (Å²) in [4.78, 5) is 25.3. The fourth-order valence-corrected chi connectivity index (χ4v) is 2.67. The number of hydrogen-bond donors (Lipinski definition) is 2. The lowest BCUT2D eigenvalue weighted by Gasteiger charge is -2.28. The van der Waals surface area contributed by atoms with E-state index in [1.807, 2.05) is 17.0 Å². The molecule has 1 aliphatic rings. The van der Waals surface area contributed by atoms with Crippen LogP contribution in [0.4, 0.5) is 14.5 Å². The highest BCUT2D eigenvalue weighted by Crippen LogP contribution is 2.16. The number of rotatable bonds is 4. The molecule has 0 radical (unpaired) electrons. The van der Waals surface area contributed by atoms with Gasteiger partial charge >= 0.3 is 0 Å². The Hall–Kier alpha value is -2.96. The molecule has 0 atom stereocenters. The molecule has 0 unspecified atom stereocenters. The standard InChI is InChI=1S/C18H17F2N3O2/c19-14-2-1-3-15(20)17(14)18(25)22-10-12-4-6-13(7-5-12)23-9-8-21-16(24)11-23/h1-7H,8-11H2,(H,21,24)(H,22,25). The molecule has 0 bridgehead atoms. The van der Waals surface area contributed by atoms with Crippen LogP contribution in [0.3, 0.4) is 0 Å². The second kappa shape index (κ2) is 7.29. The zero-order chi connectivity index (χ0) is 17.8. The number of halogens is 2. The molecule has 0 saturated carbocycles. The maximum atomic E-state index is 13.6. The Kier molecular flexibility index (Phi) is 4.92. The molecule has 1 aliphatic heterocycles. The highest BCUT2D eigenvalue weighted by Gasteiger charge is 2.17. The van der Waals surface area contributed by atoms with Crippen molar-refractivity contribution in [3.8, 4) is 0 Å². The highest BCUT2D eigenvalue weighted by molar-refractivity contribution is 5.94. The van der Waals surface area contributed by atoms with Crippen LogP contribution in [-0.2, 0) is 11.3 Å². The molecule has 1 saturated heterocycles. The van der Waals surface area contributed by atoms with Gasteiger partial charge in [0.1, 0.15) is 17.2 Å². The van der Waals surface area contributed by atoms with E-state index in [1.165, 1.54) is 6.07 Å². The lowest BCUT2D eigenvalue weighted by molar-refractivity contribution is -0.120. The highest BCUT2D eigenvalue weighted by atomic mass is 19.1. The maximum Gasteiger partial charge on any atom is 0.257 e. The summed E-state index contributed by atoms with van der Waals surface area (Å²) in [5, 5.41) is 5.27. The third-order valence-corrected chi connectivity index (χ3v) is 3.98. The molecule has 2 amide bonds. The van der Waals surface area contributed by atoms with E-state index in [0.717, 1.165) is 29.9 Å². The Morgan fingerprint density at radius 2 is 1.80 bits per heavy atom. The number of benzene rings is 2. The number of piperazine rings is 1. The fourth-order valence-electron chi connectivity index (χ4n) is 2.67. The summed E-state index contributed by atoms with van der Waals surface area (Å²) in [6, 6.07) is 10.6. The lowest BCUT2D eigenvalue weighted by atomic mass is 10.1. The third-order valence-electron chi connectivity index (χ3n) is 3.98. The first-order chi connectivity index (χ1) is 12.0. The molecular weight excluding hydrogens is 328 g/mol. The van der Waals surface area contributed by atoms with Gasteiger partial charge in [0.2, 0.25) is 5.91 Å². The largest absolute Gasteiger partial charge is 0.360 e. The van der Waals surface area contributed by atoms with Gasteiger partial charge in [0, 0.05) is 25.3 Å². The Morgan fingerprint density at radius 3 is 2.44 bits per heavy atom. The average molecular weight is 345 g/mol. The van der Waals surface area contributed by atoms with Crippen molar-refractivity contribution in [3.63, 3.8) is 0 Å². The Bertz CT molecular complexity index is 773. The molecule has 0 aromatic heterocycles. The van der Waals surface area contributed by atoms with Crippen LogP contribution in [0.1, 0.15) is 15.9 Å². The Balaban J connectivity index is 1.62. The summed E-state index contributed by atoms with van der Waals surface area (Å²) >= 11 is 0. The van der Waals surface area contributed by atoms with Crippen molar-refractivity contribution in [1.29, 1.82) is 0 Å². The minimum Gasteiger partial charge on any atom is -0.360 e. The van der Waals surface area contributed by atoms with Crippen molar-refractivity contribution >= 4 is 17.5 Å². The lowest BCUT2D eigenvalue weighted by Crippen LogP contribution is -2.47. The van der Waals surface area contributed by atoms with Crippen LogP contribution in [0.2, 0.25) is 0 Å². The number of amides is 2. The molecule has 2 N–H and O–H groups in total. The maximum absolute atomic E-state index is 13.6. The molecule has 7 heteroatoms. The van der Waals surface area contributed by atoms with E-state index in [9.17, 15) is 18.4 Å². The van der Waals surface area contributed by atoms with Gasteiger partial charge in [-0.25, -0.2) is 8.78 Å². The monoisotopic (exact) mass is 345 g/mol. The van der Waals surface area contributed by atoms with E-state index < -0.39 is 23.1 Å².